The smallest absolute Gasteiger partial charge is 0.304 e. The van der Waals surface area contributed by atoms with Crippen molar-refractivity contribution >= 4 is 29.8 Å². The molecule has 0 amide bonds. The number of rotatable bonds is 11. The number of hydrogen-bond acceptors (Lipinski definition) is 11. The minimum absolute atomic E-state index is 0.420. The Hall–Kier alpha value is -2.69. The summed E-state index contributed by atoms with van der Waals surface area (Å²) in [7, 11) is 0. The van der Waals surface area contributed by atoms with Gasteiger partial charge in [-0.3, -0.25) is 24.0 Å². The molecular formula is C17H26O11. The van der Waals surface area contributed by atoms with E-state index < -0.39 is 67.7 Å². The summed E-state index contributed by atoms with van der Waals surface area (Å²) in [6.07, 6.45) is -4.92. The first kappa shape index (κ1) is 25.3. The molecule has 0 aliphatic heterocycles. The van der Waals surface area contributed by atoms with Gasteiger partial charge < -0.3 is 28.4 Å². The number of carbonyl (C=O) groups excluding carboxylic acids is 5. The molecule has 0 spiro atoms. The van der Waals surface area contributed by atoms with Crippen LogP contribution in [0.15, 0.2) is 0 Å². The van der Waals surface area contributed by atoms with Crippen LogP contribution >= 0.6 is 0 Å². The molecule has 0 aliphatic carbocycles. The summed E-state index contributed by atoms with van der Waals surface area (Å²) in [5.41, 5.74) is 0. The Labute approximate surface area is 162 Å². The second-order valence-electron chi connectivity index (χ2n) is 5.68. The lowest BCUT2D eigenvalue weighted by Crippen LogP contribution is -2.50. The van der Waals surface area contributed by atoms with E-state index >= 15 is 0 Å². The topological polar surface area (TPSA) is 141 Å². The normalized spacial score (nSPS) is 14.6. The van der Waals surface area contributed by atoms with E-state index in [1.807, 2.05) is 0 Å². The summed E-state index contributed by atoms with van der Waals surface area (Å²) in [4.78, 5) is 56.5. The largest absolute Gasteiger partial charge is 0.463 e. The molecule has 2 unspecified atom stereocenters. The molecule has 160 valence electrons. The van der Waals surface area contributed by atoms with Crippen LogP contribution in [0, 0.1) is 0 Å². The molecule has 28 heavy (non-hydrogen) atoms. The van der Waals surface area contributed by atoms with Crippen LogP contribution < -0.4 is 0 Å². The van der Waals surface area contributed by atoms with Crippen molar-refractivity contribution in [2.24, 2.45) is 0 Å². The van der Waals surface area contributed by atoms with E-state index in [2.05, 4.69) is 0 Å². The van der Waals surface area contributed by atoms with Gasteiger partial charge in [-0.15, -0.1) is 0 Å². The Balaban J connectivity index is 5.71. The molecule has 11 nitrogen and oxygen atoms in total. The average Bonchev–Trinajstić information content (AvgIpc) is 2.51. The molecule has 0 bridgehead atoms. The highest BCUT2D eigenvalue weighted by molar-refractivity contribution is 5.68. The molecule has 0 saturated heterocycles. The summed E-state index contributed by atoms with van der Waals surface area (Å²) >= 11 is 0. The van der Waals surface area contributed by atoms with Crippen LogP contribution in [0.2, 0.25) is 0 Å². The predicted octanol–water partition coefficient (Wildman–Crippen LogP) is 0.270. The molecule has 0 saturated carbocycles. The van der Waals surface area contributed by atoms with Gasteiger partial charge in [-0.05, 0) is 6.92 Å². The van der Waals surface area contributed by atoms with Crippen molar-refractivity contribution in [3.05, 3.63) is 0 Å². The van der Waals surface area contributed by atoms with Gasteiger partial charge in [0.1, 0.15) is 19.3 Å². The number of esters is 5. The molecule has 0 heterocycles. The van der Waals surface area contributed by atoms with Gasteiger partial charge in [-0.2, -0.15) is 0 Å². The van der Waals surface area contributed by atoms with Gasteiger partial charge in [0.25, 0.3) is 0 Å². The fourth-order valence-electron chi connectivity index (χ4n) is 2.11. The molecular weight excluding hydrogens is 380 g/mol. The third-order valence-corrected chi connectivity index (χ3v) is 2.95. The van der Waals surface area contributed by atoms with Crippen LogP contribution in [0.5, 0.6) is 0 Å². The van der Waals surface area contributed by atoms with E-state index in [9.17, 15) is 24.0 Å². The van der Waals surface area contributed by atoms with E-state index in [1.54, 1.807) is 0 Å². The second kappa shape index (κ2) is 12.7. The summed E-state index contributed by atoms with van der Waals surface area (Å²) < 4.78 is 30.4. The predicted molar refractivity (Wildman–Crippen MR) is 90.5 cm³/mol. The van der Waals surface area contributed by atoms with Crippen LogP contribution in [0.25, 0.3) is 0 Å². The van der Waals surface area contributed by atoms with E-state index in [1.165, 1.54) is 6.92 Å². The van der Waals surface area contributed by atoms with Crippen LogP contribution in [0.3, 0.4) is 0 Å². The molecule has 0 N–H and O–H groups in total. The molecule has 0 aliphatic rings. The molecule has 11 heteroatoms. The maximum atomic E-state index is 11.6. The molecule has 0 aromatic carbocycles. The summed E-state index contributed by atoms with van der Waals surface area (Å²) in [6, 6.07) is 0. The minimum Gasteiger partial charge on any atom is -0.463 e. The Morgan fingerprint density at radius 3 is 1.43 bits per heavy atom. The van der Waals surface area contributed by atoms with Crippen LogP contribution in [0.4, 0.5) is 0 Å². The standard InChI is InChI=1S/C17H26O11/c1-9(18)23-7-15(26-12(4)21)17(27-13(5)22)16(8-24-10(2)19)28-14(6)25-11(3)20/h14-17H,7-8H2,1-6H3/t14?,15-,16?,17+/m1/s1. The fraction of sp³-hybridized carbons (Fsp3) is 0.706. The Kier molecular flexibility index (Phi) is 11.4. The molecule has 0 rings (SSSR count). The van der Waals surface area contributed by atoms with Gasteiger partial charge in [0.15, 0.2) is 12.2 Å². The number of carbonyl (C=O) groups is 5. The van der Waals surface area contributed by atoms with Crippen molar-refractivity contribution in [1.29, 1.82) is 0 Å². The third kappa shape index (κ3) is 11.8. The Bertz CT molecular complexity index is 571. The molecule has 0 radical (unpaired) electrons. The third-order valence-electron chi connectivity index (χ3n) is 2.95. The van der Waals surface area contributed by atoms with Crippen molar-refractivity contribution in [3.63, 3.8) is 0 Å². The zero-order valence-electron chi connectivity index (χ0n) is 16.7. The van der Waals surface area contributed by atoms with E-state index in [0.717, 1.165) is 34.6 Å². The van der Waals surface area contributed by atoms with Crippen LogP contribution in [0.1, 0.15) is 41.5 Å². The highest BCUT2D eigenvalue weighted by atomic mass is 16.7. The lowest BCUT2D eigenvalue weighted by atomic mass is 10.1. The summed E-state index contributed by atoms with van der Waals surface area (Å²) in [5, 5.41) is 0. The highest BCUT2D eigenvalue weighted by Gasteiger charge is 2.38. The first-order valence-corrected chi connectivity index (χ1v) is 8.36. The van der Waals surface area contributed by atoms with Gasteiger partial charge >= 0.3 is 29.8 Å². The van der Waals surface area contributed by atoms with Crippen LogP contribution in [-0.2, 0) is 52.4 Å². The monoisotopic (exact) mass is 406 g/mol. The zero-order valence-corrected chi connectivity index (χ0v) is 16.7. The molecule has 0 fully saturated rings. The summed E-state index contributed by atoms with van der Waals surface area (Å²) in [6.45, 7) is 6.17. The van der Waals surface area contributed by atoms with Crippen molar-refractivity contribution in [3.8, 4) is 0 Å². The average molecular weight is 406 g/mol. The SMILES string of the molecule is CC(=O)OCC(OC(C)OC(C)=O)[C@@H](OC(C)=O)[C@@H](COC(C)=O)OC(C)=O. The van der Waals surface area contributed by atoms with E-state index in [0.29, 0.717) is 0 Å². The first-order valence-electron chi connectivity index (χ1n) is 8.36. The first-order chi connectivity index (χ1) is 12.9. The van der Waals surface area contributed by atoms with E-state index in [-0.39, 0.29) is 0 Å². The quantitative estimate of drug-likeness (QED) is 0.265. The molecule has 0 aromatic rings. The van der Waals surface area contributed by atoms with E-state index in [4.69, 9.17) is 28.4 Å². The van der Waals surface area contributed by atoms with Crippen molar-refractivity contribution in [1.82, 2.24) is 0 Å². The van der Waals surface area contributed by atoms with Gasteiger partial charge in [0.05, 0.1) is 0 Å². The Morgan fingerprint density at radius 1 is 0.607 bits per heavy atom. The number of ether oxygens (including phenoxy) is 6. The van der Waals surface area contributed by atoms with Crippen molar-refractivity contribution in [2.45, 2.75) is 66.1 Å². The van der Waals surface area contributed by atoms with Gasteiger partial charge in [0.2, 0.25) is 6.29 Å². The maximum absolute atomic E-state index is 11.6. The van der Waals surface area contributed by atoms with Gasteiger partial charge in [-0.25, -0.2) is 0 Å². The number of hydrogen-bond donors (Lipinski definition) is 0. The van der Waals surface area contributed by atoms with Crippen molar-refractivity contribution in [2.75, 3.05) is 13.2 Å². The van der Waals surface area contributed by atoms with Crippen LogP contribution in [-0.4, -0.2) is 67.7 Å². The van der Waals surface area contributed by atoms with Gasteiger partial charge in [0, 0.05) is 34.6 Å². The minimum atomic E-state index is -1.34. The fourth-order valence-corrected chi connectivity index (χ4v) is 2.11. The molecule has 4 atom stereocenters. The highest BCUT2D eigenvalue weighted by Crippen LogP contribution is 2.17. The van der Waals surface area contributed by atoms with Crippen molar-refractivity contribution < 1.29 is 52.4 Å². The zero-order chi connectivity index (χ0) is 21.9. The lowest BCUT2D eigenvalue weighted by Gasteiger charge is -2.32. The second-order valence-corrected chi connectivity index (χ2v) is 5.68. The lowest BCUT2D eigenvalue weighted by molar-refractivity contribution is -0.223. The Morgan fingerprint density at radius 2 is 1.04 bits per heavy atom. The van der Waals surface area contributed by atoms with Gasteiger partial charge in [-0.1, -0.05) is 0 Å². The molecule has 0 aromatic heterocycles. The maximum Gasteiger partial charge on any atom is 0.304 e. The summed E-state index contributed by atoms with van der Waals surface area (Å²) in [5.74, 6) is -3.46.